The van der Waals surface area contributed by atoms with E-state index < -0.39 is 0 Å². The zero-order chi connectivity index (χ0) is 18.5. The molecule has 0 radical (unpaired) electrons. The number of aromatic nitrogens is 2. The molecule has 3 aromatic rings. The van der Waals surface area contributed by atoms with Crippen LogP contribution < -0.4 is 15.4 Å². The standard InChI is InChI=1S/C19H17ClN4O2/c1-12-7-8-17(26-2)15(9-12)24-19(25)16-10-22-18(11-21-16)23-14-6-4-3-5-13(14)20/h3-11H,1-2H3,(H,22,23)(H,24,25). The number of ether oxygens (including phenoxy) is 1. The summed E-state index contributed by atoms with van der Waals surface area (Å²) in [5.74, 6) is 0.697. The van der Waals surface area contributed by atoms with Crippen LogP contribution in [0.1, 0.15) is 16.1 Å². The number of carbonyl (C=O) groups excluding carboxylic acids is 1. The molecule has 26 heavy (non-hydrogen) atoms. The van der Waals surface area contributed by atoms with Gasteiger partial charge in [-0.25, -0.2) is 9.97 Å². The minimum atomic E-state index is -0.370. The van der Waals surface area contributed by atoms with Crippen molar-refractivity contribution >= 4 is 34.7 Å². The molecule has 0 aliphatic heterocycles. The zero-order valence-electron chi connectivity index (χ0n) is 14.3. The van der Waals surface area contributed by atoms with Gasteiger partial charge in [-0.1, -0.05) is 29.8 Å². The van der Waals surface area contributed by atoms with Gasteiger partial charge in [0, 0.05) is 0 Å². The fourth-order valence-corrected chi connectivity index (χ4v) is 2.50. The van der Waals surface area contributed by atoms with Gasteiger partial charge < -0.3 is 15.4 Å². The van der Waals surface area contributed by atoms with E-state index in [-0.39, 0.29) is 11.6 Å². The van der Waals surface area contributed by atoms with Gasteiger partial charge in [0.1, 0.15) is 17.3 Å². The molecule has 0 bridgehead atoms. The molecule has 0 spiro atoms. The maximum absolute atomic E-state index is 12.4. The molecule has 0 aliphatic rings. The molecular formula is C19H17ClN4O2. The number of hydrogen-bond acceptors (Lipinski definition) is 5. The first-order valence-corrected chi connectivity index (χ1v) is 8.24. The Labute approximate surface area is 156 Å². The summed E-state index contributed by atoms with van der Waals surface area (Å²) in [6, 6.07) is 12.8. The number of methoxy groups -OCH3 is 1. The molecule has 2 aromatic carbocycles. The Morgan fingerprint density at radius 3 is 2.58 bits per heavy atom. The van der Waals surface area contributed by atoms with E-state index in [1.54, 1.807) is 19.2 Å². The third-order valence-corrected chi connectivity index (χ3v) is 3.95. The van der Waals surface area contributed by atoms with Gasteiger partial charge in [-0.05, 0) is 36.8 Å². The van der Waals surface area contributed by atoms with Gasteiger partial charge in [-0.15, -0.1) is 0 Å². The van der Waals surface area contributed by atoms with Crippen molar-refractivity contribution in [1.82, 2.24) is 9.97 Å². The van der Waals surface area contributed by atoms with Crippen molar-refractivity contribution in [3.05, 3.63) is 71.1 Å². The number of halogens is 1. The van der Waals surface area contributed by atoms with Crippen LogP contribution in [0.25, 0.3) is 0 Å². The number of amides is 1. The number of anilines is 3. The smallest absolute Gasteiger partial charge is 0.275 e. The molecule has 0 atom stereocenters. The SMILES string of the molecule is COc1ccc(C)cc1NC(=O)c1cnc(Nc2ccccc2Cl)cn1. The van der Waals surface area contributed by atoms with Crippen molar-refractivity contribution in [3.63, 3.8) is 0 Å². The van der Waals surface area contributed by atoms with E-state index in [1.807, 2.05) is 37.3 Å². The molecule has 3 rings (SSSR count). The number of aryl methyl sites for hydroxylation is 1. The van der Waals surface area contributed by atoms with Crippen molar-refractivity contribution in [2.24, 2.45) is 0 Å². The van der Waals surface area contributed by atoms with E-state index in [2.05, 4.69) is 20.6 Å². The highest BCUT2D eigenvalue weighted by Gasteiger charge is 2.12. The summed E-state index contributed by atoms with van der Waals surface area (Å²) in [4.78, 5) is 20.8. The van der Waals surface area contributed by atoms with Gasteiger partial charge in [0.2, 0.25) is 0 Å². The molecule has 0 fully saturated rings. The van der Waals surface area contributed by atoms with Gasteiger partial charge in [0.25, 0.3) is 5.91 Å². The van der Waals surface area contributed by atoms with Gasteiger partial charge in [-0.3, -0.25) is 4.79 Å². The molecule has 0 aliphatic carbocycles. The van der Waals surface area contributed by atoms with Gasteiger partial charge in [0.15, 0.2) is 0 Å². The molecule has 1 amide bonds. The topological polar surface area (TPSA) is 76.1 Å². The van der Waals surface area contributed by atoms with E-state index >= 15 is 0 Å². The maximum Gasteiger partial charge on any atom is 0.275 e. The Morgan fingerprint density at radius 2 is 1.88 bits per heavy atom. The lowest BCUT2D eigenvalue weighted by atomic mass is 10.2. The summed E-state index contributed by atoms with van der Waals surface area (Å²) in [6.07, 6.45) is 2.88. The average molecular weight is 369 g/mol. The Hall–Kier alpha value is -3.12. The Balaban J connectivity index is 1.73. The summed E-state index contributed by atoms with van der Waals surface area (Å²) in [7, 11) is 1.55. The van der Waals surface area contributed by atoms with Crippen LogP contribution in [0.4, 0.5) is 17.2 Å². The Kier molecular flexibility index (Phi) is 5.34. The number of para-hydroxylation sites is 1. The largest absolute Gasteiger partial charge is 0.495 e. The van der Waals surface area contributed by atoms with Crippen LogP contribution in [0.15, 0.2) is 54.9 Å². The summed E-state index contributed by atoms with van der Waals surface area (Å²) >= 11 is 6.10. The minimum absolute atomic E-state index is 0.193. The maximum atomic E-state index is 12.4. The summed E-state index contributed by atoms with van der Waals surface area (Å²) in [5, 5.41) is 6.42. The average Bonchev–Trinajstić information content (AvgIpc) is 2.64. The van der Waals surface area contributed by atoms with Crippen molar-refractivity contribution in [3.8, 4) is 5.75 Å². The van der Waals surface area contributed by atoms with Crippen molar-refractivity contribution < 1.29 is 9.53 Å². The lowest BCUT2D eigenvalue weighted by molar-refractivity contribution is 0.102. The molecule has 0 unspecified atom stereocenters. The normalized spacial score (nSPS) is 10.3. The van der Waals surface area contributed by atoms with Crippen LogP contribution in [0.2, 0.25) is 5.02 Å². The third kappa shape index (κ3) is 4.10. The zero-order valence-corrected chi connectivity index (χ0v) is 15.0. The van der Waals surface area contributed by atoms with Crippen LogP contribution in [-0.4, -0.2) is 23.0 Å². The Morgan fingerprint density at radius 1 is 1.08 bits per heavy atom. The number of nitrogens with zero attached hydrogens (tertiary/aromatic N) is 2. The monoisotopic (exact) mass is 368 g/mol. The van der Waals surface area contributed by atoms with E-state index in [9.17, 15) is 4.79 Å². The highest BCUT2D eigenvalue weighted by atomic mass is 35.5. The predicted molar refractivity (Wildman–Crippen MR) is 102 cm³/mol. The van der Waals surface area contributed by atoms with E-state index in [1.165, 1.54) is 12.4 Å². The number of carbonyl (C=O) groups is 1. The van der Waals surface area contributed by atoms with Crippen molar-refractivity contribution in [1.29, 1.82) is 0 Å². The van der Waals surface area contributed by atoms with Crippen LogP contribution >= 0.6 is 11.6 Å². The van der Waals surface area contributed by atoms with Gasteiger partial charge in [0.05, 0.1) is 35.9 Å². The lowest BCUT2D eigenvalue weighted by Gasteiger charge is -2.11. The third-order valence-electron chi connectivity index (χ3n) is 3.62. The van der Waals surface area contributed by atoms with Gasteiger partial charge >= 0.3 is 0 Å². The first-order valence-electron chi connectivity index (χ1n) is 7.86. The van der Waals surface area contributed by atoms with Crippen molar-refractivity contribution in [2.45, 2.75) is 6.92 Å². The second-order valence-corrected chi connectivity index (χ2v) is 5.96. The van der Waals surface area contributed by atoms with Crippen LogP contribution in [0.3, 0.4) is 0 Å². The summed E-state index contributed by atoms with van der Waals surface area (Å²) < 4.78 is 5.26. The molecule has 0 saturated carbocycles. The fraction of sp³-hybridized carbons (Fsp3) is 0.105. The Bertz CT molecular complexity index is 929. The molecule has 1 heterocycles. The molecule has 0 saturated heterocycles. The number of hydrogen-bond donors (Lipinski definition) is 2. The first-order chi connectivity index (χ1) is 12.6. The van der Waals surface area contributed by atoms with E-state index in [0.717, 1.165) is 5.56 Å². The molecule has 6 nitrogen and oxygen atoms in total. The molecule has 1 aromatic heterocycles. The number of nitrogens with one attached hydrogen (secondary N) is 2. The number of rotatable bonds is 5. The van der Waals surface area contributed by atoms with Crippen LogP contribution in [0, 0.1) is 6.92 Å². The van der Waals surface area contributed by atoms with E-state index in [0.29, 0.717) is 28.0 Å². The minimum Gasteiger partial charge on any atom is -0.495 e. The lowest BCUT2D eigenvalue weighted by Crippen LogP contribution is -2.15. The molecule has 7 heteroatoms. The number of benzene rings is 2. The first kappa shape index (κ1) is 17.7. The highest BCUT2D eigenvalue weighted by molar-refractivity contribution is 6.33. The molecule has 2 N–H and O–H groups in total. The summed E-state index contributed by atoms with van der Waals surface area (Å²) in [5.41, 5.74) is 2.49. The molecule has 132 valence electrons. The fourth-order valence-electron chi connectivity index (χ4n) is 2.32. The quantitative estimate of drug-likeness (QED) is 0.696. The van der Waals surface area contributed by atoms with Crippen LogP contribution in [-0.2, 0) is 0 Å². The van der Waals surface area contributed by atoms with E-state index in [4.69, 9.17) is 16.3 Å². The van der Waals surface area contributed by atoms with Gasteiger partial charge in [-0.2, -0.15) is 0 Å². The second-order valence-electron chi connectivity index (χ2n) is 5.55. The molecular weight excluding hydrogens is 352 g/mol. The second kappa shape index (κ2) is 7.84. The predicted octanol–water partition coefficient (Wildman–Crippen LogP) is 4.44. The highest BCUT2D eigenvalue weighted by Crippen LogP contribution is 2.26. The van der Waals surface area contributed by atoms with Crippen molar-refractivity contribution in [2.75, 3.05) is 17.7 Å². The summed E-state index contributed by atoms with van der Waals surface area (Å²) in [6.45, 7) is 1.93. The van der Waals surface area contributed by atoms with Crippen LogP contribution in [0.5, 0.6) is 5.75 Å².